The average molecular weight is 456 g/mol. The van der Waals surface area contributed by atoms with Crippen molar-refractivity contribution in [3.8, 4) is 0 Å². The molecule has 9 heteroatoms. The summed E-state index contributed by atoms with van der Waals surface area (Å²) in [5.74, 6) is -0.107. The quantitative estimate of drug-likeness (QED) is 0.563. The van der Waals surface area contributed by atoms with Gasteiger partial charge in [0.25, 0.3) is 10.0 Å². The monoisotopic (exact) mass is 455 g/mol. The zero-order valence-electron chi connectivity index (χ0n) is 19.0. The third kappa shape index (κ3) is 4.99. The van der Waals surface area contributed by atoms with Crippen molar-refractivity contribution in [2.75, 3.05) is 10.8 Å². The molecule has 0 aliphatic carbocycles. The minimum absolute atomic E-state index is 0.119. The predicted molar refractivity (Wildman–Crippen MR) is 124 cm³/mol. The molecule has 0 unspecified atom stereocenters. The van der Waals surface area contributed by atoms with Crippen molar-refractivity contribution in [3.05, 3.63) is 71.3 Å². The van der Waals surface area contributed by atoms with Crippen LogP contribution in [0, 0.1) is 13.8 Å². The van der Waals surface area contributed by atoms with Crippen LogP contribution in [0.5, 0.6) is 0 Å². The van der Waals surface area contributed by atoms with Crippen LogP contribution in [0.1, 0.15) is 42.3 Å². The molecule has 0 atom stereocenters. The molecule has 0 aliphatic rings. The van der Waals surface area contributed by atoms with Gasteiger partial charge in [-0.3, -0.25) is 18.8 Å². The Morgan fingerprint density at radius 1 is 1.16 bits per heavy atom. The zero-order valence-corrected chi connectivity index (χ0v) is 19.8. The van der Waals surface area contributed by atoms with Gasteiger partial charge in [0, 0.05) is 26.0 Å². The van der Waals surface area contributed by atoms with Crippen LogP contribution in [0.15, 0.2) is 53.7 Å². The van der Waals surface area contributed by atoms with Crippen LogP contribution in [-0.2, 0) is 28.4 Å². The SMILES string of the molecule is Cc1nn(C)c(C)c1S(=O)(=O)N(CC(=O)NCc1cccnc1)c1ccc(C(C)C)cc1. The molecule has 0 bridgehead atoms. The van der Waals surface area contributed by atoms with E-state index in [-0.39, 0.29) is 18.0 Å². The number of pyridine rings is 1. The van der Waals surface area contributed by atoms with E-state index in [2.05, 4.69) is 29.2 Å². The van der Waals surface area contributed by atoms with Gasteiger partial charge in [0.1, 0.15) is 11.4 Å². The van der Waals surface area contributed by atoms with Gasteiger partial charge >= 0.3 is 0 Å². The van der Waals surface area contributed by atoms with Gasteiger partial charge in [-0.2, -0.15) is 5.10 Å². The van der Waals surface area contributed by atoms with Gasteiger partial charge in [0.05, 0.1) is 17.1 Å². The van der Waals surface area contributed by atoms with Crippen LogP contribution in [0.3, 0.4) is 0 Å². The Bertz CT molecular complexity index is 1190. The fourth-order valence-corrected chi connectivity index (χ4v) is 5.29. The van der Waals surface area contributed by atoms with E-state index in [0.29, 0.717) is 23.0 Å². The van der Waals surface area contributed by atoms with Crippen molar-refractivity contribution in [3.63, 3.8) is 0 Å². The fraction of sp³-hybridized carbons (Fsp3) is 0.348. The maximum atomic E-state index is 13.7. The van der Waals surface area contributed by atoms with Crippen LogP contribution < -0.4 is 9.62 Å². The van der Waals surface area contributed by atoms with Crippen LogP contribution in [0.25, 0.3) is 0 Å². The Balaban J connectivity index is 1.94. The van der Waals surface area contributed by atoms with E-state index in [1.807, 2.05) is 18.2 Å². The van der Waals surface area contributed by atoms with Crippen molar-refractivity contribution < 1.29 is 13.2 Å². The zero-order chi connectivity index (χ0) is 23.5. The molecule has 1 aromatic carbocycles. The van der Waals surface area contributed by atoms with Crippen molar-refractivity contribution in [2.45, 2.75) is 45.1 Å². The lowest BCUT2D eigenvalue weighted by Gasteiger charge is -2.24. The molecular formula is C23H29N5O3S. The van der Waals surface area contributed by atoms with Gasteiger partial charge in [0.15, 0.2) is 0 Å². The van der Waals surface area contributed by atoms with Gasteiger partial charge in [-0.25, -0.2) is 8.42 Å². The second kappa shape index (κ2) is 9.52. The molecule has 8 nitrogen and oxygen atoms in total. The summed E-state index contributed by atoms with van der Waals surface area (Å²) in [6.45, 7) is 7.41. The number of rotatable bonds is 8. The van der Waals surface area contributed by atoms with Crippen molar-refractivity contribution in [1.82, 2.24) is 20.1 Å². The number of amides is 1. The molecule has 1 amide bonds. The topological polar surface area (TPSA) is 97.2 Å². The summed E-state index contributed by atoms with van der Waals surface area (Å²) in [7, 11) is -2.33. The number of aromatic nitrogens is 3. The Kier molecular flexibility index (Phi) is 6.98. The fourth-order valence-electron chi connectivity index (χ4n) is 3.47. The summed E-state index contributed by atoms with van der Waals surface area (Å²) >= 11 is 0. The van der Waals surface area contributed by atoms with E-state index in [9.17, 15) is 13.2 Å². The number of carbonyl (C=O) groups excluding carboxylic acids is 1. The van der Waals surface area contributed by atoms with Gasteiger partial charge in [-0.1, -0.05) is 32.0 Å². The highest BCUT2D eigenvalue weighted by molar-refractivity contribution is 7.93. The molecule has 0 saturated heterocycles. The lowest BCUT2D eigenvalue weighted by atomic mass is 10.0. The normalized spacial score (nSPS) is 11.6. The van der Waals surface area contributed by atoms with E-state index in [1.165, 1.54) is 4.68 Å². The highest BCUT2D eigenvalue weighted by Gasteiger charge is 2.32. The largest absolute Gasteiger partial charge is 0.350 e. The number of carbonyl (C=O) groups is 1. The second-order valence-corrected chi connectivity index (χ2v) is 9.82. The van der Waals surface area contributed by atoms with E-state index >= 15 is 0 Å². The second-order valence-electron chi connectivity index (χ2n) is 8.02. The first-order valence-corrected chi connectivity index (χ1v) is 11.8. The first-order valence-electron chi connectivity index (χ1n) is 10.4. The lowest BCUT2D eigenvalue weighted by Crippen LogP contribution is -2.41. The number of hydrogen-bond acceptors (Lipinski definition) is 5. The maximum Gasteiger partial charge on any atom is 0.268 e. The molecule has 1 N–H and O–H groups in total. The Hall–Kier alpha value is -3.20. The highest BCUT2D eigenvalue weighted by atomic mass is 32.2. The van der Waals surface area contributed by atoms with E-state index in [4.69, 9.17) is 0 Å². The number of aryl methyl sites for hydroxylation is 2. The molecular weight excluding hydrogens is 426 g/mol. The molecule has 0 spiro atoms. The Morgan fingerprint density at radius 2 is 1.84 bits per heavy atom. The highest BCUT2D eigenvalue weighted by Crippen LogP contribution is 2.29. The summed E-state index contributed by atoms with van der Waals surface area (Å²) in [6.07, 6.45) is 3.31. The number of hydrogen-bond donors (Lipinski definition) is 1. The minimum Gasteiger partial charge on any atom is -0.350 e. The Morgan fingerprint density at radius 3 is 2.38 bits per heavy atom. The molecule has 32 heavy (non-hydrogen) atoms. The van der Waals surface area contributed by atoms with Gasteiger partial charge in [0.2, 0.25) is 5.91 Å². The summed E-state index contributed by atoms with van der Waals surface area (Å²) in [5.41, 5.74) is 3.25. The minimum atomic E-state index is -4.03. The number of anilines is 1. The van der Waals surface area contributed by atoms with E-state index in [1.54, 1.807) is 51.5 Å². The molecule has 0 fully saturated rings. The molecule has 2 heterocycles. The predicted octanol–water partition coefficient (Wildman–Crippen LogP) is 3.07. The molecule has 3 rings (SSSR count). The lowest BCUT2D eigenvalue weighted by molar-refractivity contribution is -0.119. The van der Waals surface area contributed by atoms with Crippen molar-refractivity contribution in [2.24, 2.45) is 7.05 Å². The molecule has 0 radical (unpaired) electrons. The standard InChI is InChI=1S/C23H29N5O3S/c1-16(2)20-8-10-21(11-9-20)28(15-22(29)25-14-19-7-6-12-24-13-19)32(30,31)23-17(3)26-27(5)18(23)4/h6-13,16H,14-15H2,1-5H3,(H,25,29). The van der Waals surface area contributed by atoms with E-state index < -0.39 is 15.9 Å². The number of nitrogens with one attached hydrogen (secondary N) is 1. The molecule has 0 saturated carbocycles. The third-order valence-electron chi connectivity index (χ3n) is 5.34. The number of benzene rings is 1. The molecule has 170 valence electrons. The third-order valence-corrected chi connectivity index (χ3v) is 7.37. The number of nitrogens with zero attached hydrogens (tertiary/aromatic N) is 4. The summed E-state index contributed by atoms with van der Waals surface area (Å²) in [4.78, 5) is 16.9. The van der Waals surface area contributed by atoms with E-state index in [0.717, 1.165) is 15.4 Å². The average Bonchev–Trinajstić information content (AvgIpc) is 3.03. The Labute approximate surface area is 189 Å². The van der Waals surface area contributed by atoms with Crippen molar-refractivity contribution >= 4 is 21.6 Å². The molecule has 0 aliphatic heterocycles. The van der Waals surface area contributed by atoms with Crippen molar-refractivity contribution in [1.29, 1.82) is 0 Å². The molecule has 3 aromatic rings. The van der Waals surface area contributed by atoms with Crippen LogP contribution in [0.4, 0.5) is 5.69 Å². The number of sulfonamides is 1. The maximum absolute atomic E-state index is 13.7. The van der Waals surface area contributed by atoms with Gasteiger partial charge < -0.3 is 5.32 Å². The van der Waals surface area contributed by atoms with Gasteiger partial charge in [-0.15, -0.1) is 0 Å². The first kappa shape index (κ1) is 23.5. The van der Waals surface area contributed by atoms with Crippen LogP contribution >= 0.6 is 0 Å². The van der Waals surface area contributed by atoms with Gasteiger partial charge in [-0.05, 0) is 49.1 Å². The smallest absolute Gasteiger partial charge is 0.268 e. The summed E-state index contributed by atoms with van der Waals surface area (Å²) < 4.78 is 30.1. The summed E-state index contributed by atoms with van der Waals surface area (Å²) in [6, 6.07) is 10.9. The van der Waals surface area contributed by atoms with Crippen LogP contribution in [0.2, 0.25) is 0 Å². The van der Waals surface area contributed by atoms with Crippen LogP contribution in [-0.4, -0.2) is 35.6 Å². The summed E-state index contributed by atoms with van der Waals surface area (Å²) in [5, 5.41) is 7.03. The molecule has 2 aromatic heterocycles. The first-order chi connectivity index (χ1) is 15.1.